The minimum absolute atomic E-state index is 0.734. The number of benzene rings is 1. The fourth-order valence-electron chi connectivity index (χ4n) is 2.83. The Bertz CT molecular complexity index is 389. The summed E-state index contributed by atoms with van der Waals surface area (Å²) in [6, 6.07) is 8.60. The van der Waals surface area contributed by atoms with Gasteiger partial charge in [0.1, 0.15) is 0 Å². The summed E-state index contributed by atoms with van der Waals surface area (Å²) in [5.41, 5.74) is 2.68. The number of hydrogen-bond donors (Lipinski definition) is 1. The molecule has 3 nitrogen and oxygen atoms in total. The van der Waals surface area contributed by atoms with E-state index in [1.54, 1.807) is 0 Å². The van der Waals surface area contributed by atoms with E-state index < -0.39 is 0 Å². The molecule has 2 rings (SSSR count). The zero-order valence-corrected chi connectivity index (χ0v) is 13.4. The number of likely N-dealkylation sites (tertiary alicyclic amines) is 1. The van der Waals surface area contributed by atoms with Crippen LogP contribution in [0.1, 0.15) is 43.7 Å². The summed E-state index contributed by atoms with van der Waals surface area (Å²) in [4.78, 5) is 2.53. The van der Waals surface area contributed by atoms with E-state index in [1.807, 2.05) is 0 Å². The number of ether oxygens (including phenoxy) is 1. The van der Waals surface area contributed by atoms with Crippen molar-refractivity contribution in [2.45, 2.75) is 45.8 Å². The first kappa shape index (κ1) is 16.5. The van der Waals surface area contributed by atoms with Crippen LogP contribution in [0.25, 0.3) is 0 Å². The standard InChI is InChI=1S/C18H30N2O/c1-2-10-19-15-17-8-4-5-9-18(17)16-21-14-13-20-11-6-3-7-12-20/h4-5,8-9,19H,2-3,6-7,10-16H2,1H3. The molecule has 1 saturated heterocycles. The zero-order valence-electron chi connectivity index (χ0n) is 13.4. The van der Waals surface area contributed by atoms with E-state index in [9.17, 15) is 0 Å². The molecule has 1 heterocycles. The van der Waals surface area contributed by atoms with Gasteiger partial charge in [0.15, 0.2) is 0 Å². The normalized spacial score (nSPS) is 16.2. The van der Waals surface area contributed by atoms with Gasteiger partial charge < -0.3 is 15.0 Å². The third-order valence-electron chi connectivity index (χ3n) is 4.12. The molecule has 1 aliphatic heterocycles. The molecule has 0 radical (unpaired) electrons. The smallest absolute Gasteiger partial charge is 0.0720 e. The molecule has 118 valence electrons. The number of hydrogen-bond acceptors (Lipinski definition) is 3. The van der Waals surface area contributed by atoms with Gasteiger partial charge in [-0.15, -0.1) is 0 Å². The molecule has 0 saturated carbocycles. The third kappa shape index (κ3) is 6.16. The zero-order chi connectivity index (χ0) is 14.8. The van der Waals surface area contributed by atoms with Crippen LogP contribution in [0.15, 0.2) is 24.3 Å². The quantitative estimate of drug-likeness (QED) is 0.707. The van der Waals surface area contributed by atoms with Crippen LogP contribution >= 0.6 is 0 Å². The molecule has 0 aromatic heterocycles. The maximum atomic E-state index is 5.90. The minimum Gasteiger partial charge on any atom is -0.375 e. The van der Waals surface area contributed by atoms with E-state index in [4.69, 9.17) is 4.74 Å². The van der Waals surface area contributed by atoms with Crippen LogP contribution in [0.4, 0.5) is 0 Å². The summed E-state index contributed by atoms with van der Waals surface area (Å²) >= 11 is 0. The molecule has 0 unspecified atom stereocenters. The summed E-state index contributed by atoms with van der Waals surface area (Å²) in [5.74, 6) is 0. The molecule has 1 aromatic rings. The summed E-state index contributed by atoms with van der Waals surface area (Å²) in [7, 11) is 0. The molecule has 1 aromatic carbocycles. The van der Waals surface area contributed by atoms with Crippen molar-refractivity contribution in [3.8, 4) is 0 Å². The van der Waals surface area contributed by atoms with Gasteiger partial charge in [-0.3, -0.25) is 0 Å². The second-order valence-corrected chi connectivity index (χ2v) is 5.90. The Morgan fingerprint density at radius 1 is 1.10 bits per heavy atom. The minimum atomic E-state index is 0.734. The highest BCUT2D eigenvalue weighted by atomic mass is 16.5. The molecule has 21 heavy (non-hydrogen) atoms. The van der Waals surface area contributed by atoms with Gasteiger partial charge >= 0.3 is 0 Å². The summed E-state index contributed by atoms with van der Waals surface area (Å²) in [6.45, 7) is 9.37. The second-order valence-electron chi connectivity index (χ2n) is 5.90. The molecule has 0 atom stereocenters. The first-order valence-electron chi connectivity index (χ1n) is 8.47. The average Bonchev–Trinajstić information content (AvgIpc) is 2.54. The first-order valence-corrected chi connectivity index (χ1v) is 8.47. The number of rotatable bonds is 9. The highest BCUT2D eigenvalue weighted by Crippen LogP contribution is 2.11. The van der Waals surface area contributed by atoms with Gasteiger partial charge in [-0.05, 0) is 50.0 Å². The molecule has 0 aliphatic carbocycles. The van der Waals surface area contributed by atoms with Gasteiger partial charge in [-0.2, -0.15) is 0 Å². The largest absolute Gasteiger partial charge is 0.375 e. The van der Waals surface area contributed by atoms with E-state index in [1.165, 1.54) is 49.9 Å². The maximum Gasteiger partial charge on any atom is 0.0720 e. The van der Waals surface area contributed by atoms with Crippen molar-refractivity contribution in [3.05, 3.63) is 35.4 Å². The Balaban J connectivity index is 1.69. The Morgan fingerprint density at radius 2 is 1.86 bits per heavy atom. The highest BCUT2D eigenvalue weighted by molar-refractivity contribution is 5.26. The van der Waals surface area contributed by atoms with Crippen LogP contribution < -0.4 is 5.32 Å². The molecule has 0 bridgehead atoms. The van der Waals surface area contributed by atoms with Crippen LogP contribution in [0.3, 0.4) is 0 Å². The number of nitrogens with one attached hydrogen (secondary N) is 1. The van der Waals surface area contributed by atoms with E-state index in [2.05, 4.69) is 41.4 Å². The van der Waals surface area contributed by atoms with Crippen LogP contribution in [0.2, 0.25) is 0 Å². The van der Waals surface area contributed by atoms with Crippen molar-refractivity contribution >= 4 is 0 Å². The second kappa shape index (κ2) is 9.93. The van der Waals surface area contributed by atoms with Gasteiger partial charge in [0, 0.05) is 13.1 Å². The molecule has 0 spiro atoms. The van der Waals surface area contributed by atoms with Crippen molar-refractivity contribution in [3.63, 3.8) is 0 Å². The first-order chi connectivity index (χ1) is 10.4. The predicted octanol–water partition coefficient (Wildman–Crippen LogP) is 3.19. The lowest BCUT2D eigenvalue weighted by Gasteiger charge is -2.26. The molecular formula is C18H30N2O. The average molecular weight is 290 g/mol. The number of piperidine rings is 1. The van der Waals surface area contributed by atoms with Crippen LogP contribution in [0.5, 0.6) is 0 Å². The van der Waals surface area contributed by atoms with Crippen LogP contribution in [-0.2, 0) is 17.9 Å². The van der Waals surface area contributed by atoms with Gasteiger partial charge in [0.05, 0.1) is 13.2 Å². The Labute approximate surface area is 129 Å². The van der Waals surface area contributed by atoms with Crippen molar-refractivity contribution in [2.24, 2.45) is 0 Å². The van der Waals surface area contributed by atoms with Gasteiger partial charge in [-0.25, -0.2) is 0 Å². The van der Waals surface area contributed by atoms with Gasteiger partial charge in [0.2, 0.25) is 0 Å². The molecule has 1 fully saturated rings. The lowest BCUT2D eigenvalue weighted by molar-refractivity contribution is 0.0859. The van der Waals surface area contributed by atoms with E-state index >= 15 is 0 Å². The van der Waals surface area contributed by atoms with Crippen LogP contribution in [-0.4, -0.2) is 37.7 Å². The van der Waals surface area contributed by atoms with Gasteiger partial charge in [-0.1, -0.05) is 37.6 Å². The van der Waals surface area contributed by atoms with E-state index in [0.717, 1.165) is 32.8 Å². The fraction of sp³-hybridized carbons (Fsp3) is 0.667. The highest BCUT2D eigenvalue weighted by Gasteiger charge is 2.09. The Hall–Kier alpha value is -0.900. The SMILES string of the molecule is CCCNCc1ccccc1COCCN1CCCCC1. The molecule has 0 amide bonds. The monoisotopic (exact) mass is 290 g/mol. The van der Waals surface area contributed by atoms with Gasteiger partial charge in [0.25, 0.3) is 0 Å². The van der Waals surface area contributed by atoms with Crippen molar-refractivity contribution in [2.75, 3.05) is 32.8 Å². The van der Waals surface area contributed by atoms with Crippen LogP contribution in [0, 0.1) is 0 Å². The van der Waals surface area contributed by atoms with Crippen molar-refractivity contribution in [1.82, 2.24) is 10.2 Å². The summed E-state index contributed by atoms with van der Waals surface area (Å²) in [6.07, 6.45) is 5.28. The van der Waals surface area contributed by atoms with E-state index in [-0.39, 0.29) is 0 Å². The predicted molar refractivity (Wildman–Crippen MR) is 88.4 cm³/mol. The Morgan fingerprint density at radius 3 is 2.62 bits per heavy atom. The summed E-state index contributed by atoms with van der Waals surface area (Å²) in [5, 5.41) is 3.47. The maximum absolute atomic E-state index is 5.90. The molecule has 1 aliphatic rings. The lowest BCUT2D eigenvalue weighted by atomic mass is 10.1. The van der Waals surface area contributed by atoms with Crippen molar-refractivity contribution in [1.29, 1.82) is 0 Å². The number of nitrogens with zero attached hydrogens (tertiary/aromatic N) is 1. The summed E-state index contributed by atoms with van der Waals surface area (Å²) < 4.78 is 5.90. The van der Waals surface area contributed by atoms with Crippen molar-refractivity contribution < 1.29 is 4.74 Å². The topological polar surface area (TPSA) is 24.5 Å². The fourth-order valence-corrected chi connectivity index (χ4v) is 2.83. The Kier molecular flexibility index (Phi) is 7.79. The lowest BCUT2D eigenvalue weighted by Crippen LogP contribution is -2.32. The molecule has 1 N–H and O–H groups in total. The molecule has 3 heteroatoms. The third-order valence-corrected chi connectivity index (χ3v) is 4.12. The molecular weight excluding hydrogens is 260 g/mol. The van der Waals surface area contributed by atoms with E-state index in [0.29, 0.717) is 0 Å².